The van der Waals surface area contributed by atoms with Gasteiger partial charge < -0.3 is 20.6 Å². The summed E-state index contributed by atoms with van der Waals surface area (Å²) >= 11 is 0. The standard InChI is InChI=1S/C9H12NO5P/c10-7-3-1-6(2-4-7)5-8(9(11)12)16(13,14)15/h1-4,8H,5,10H2,(H,11,12)(H2,13,14,15). The highest BCUT2D eigenvalue weighted by Crippen LogP contribution is 2.42. The van der Waals surface area contributed by atoms with Gasteiger partial charge in [0.2, 0.25) is 0 Å². The number of aliphatic carboxylic acids is 1. The van der Waals surface area contributed by atoms with Crippen LogP contribution in [0.4, 0.5) is 5.69 Å². The van der Waals surface area contributed by atoms with Crippen molar-refractivity contribution in [1.82, 2.24) is 0 Å². The first kappa shape index (κ1) is 12.7. The molecule has 0 bridgehead atoms. The first-order valence-electron chi connectivity index (χ1n) is 4.43. The monoisotopic (exact) mass is 245 g/mol. The maximum absolute atomic E-state index is 10.9. The number of anilines is 1. The highest BCUT2D eigenvalue weighted by molar-refractivity contribution is 7.53. The SMILES string of the molecule is Nc1ccc(CC(C(=O)O)P(=O)(O)O)cc1. The molecule has 0 heterocycles. The quantitative estimate of drug-likeness (QED) is 0.451. The van der Waals surface area contributed by atoms with Gasteiger partial charge in [0.25, 0.3) is 0 Å². The third-order valence-corrected chi connectivity index (χ3v) is 3.32. The van der Waals surface area contributed by atoms with Crippen molar-refractivity contribution in [3.05, 3.63) is 29.8 Å². The van der Waals surface area contributed by atoms with Gasteiger partial charge in [-0.15, -0.1) is 0 Å². The van der Waals surface area contributed by atoms with E-state index in [1.807, 2.05) is 0 Å². The molecule has 6 nitrogen and oxygen atoms in total. The summed E-state index contributed by atoms with van der Waals surface area (Å²) in [7, 11) is -4.64. The van der Waals surface area contributed by atoms with Crippen molar-refractivity contribution in [3.8, 4) is 0 Å². The third kappa shape index (κ3) is 3.34. The summed E-state index contributed by atoms with van der Waals surface area (Å²) in [6.07, 6.45) is -0.222. The first-order valence-corrected chi connectivity index (χ1v) is 6.11. The molecule has 5 N–H and O–H groups in total. The average molecular weight is 245 g/mol. The predicted octanol–water partition coefficient (Wildman–Crippen LogP) is 0.442. The van der Waals surface area contributed by atoms with Crippen LogP contribution in [0.2, 0.25) is 0 Å². The highest BCUT2D eigenvalue weighted by Gasteiger charge is 2.35. The lowest BCUT2D eigenvalue weighted by Gasteiger charge is -2.13. The average Bonchev–Trinajstić information content (AvgIpc) is 2.14. The molecule has 0 spiro atoms. The van der Waals surface area contributed by atoms with Crippen LogP contribution < -0.4 is 5.73 Å². The fraction of sp³-hybridized carbons (Fsp3) is 0.222. The van der Waals surface area contributed by atoms with Crippen molar-refractivity contribution < 1.29 is 24.3 Å². The van der Waals surface area contributed by atoms with E-state index in [0.717, 1.165) is 0 Å². The van der Waals surface area contributed by atoms with Gasteiger partial charge in [0.15, 0.2) is 5.66 Å². The van der Waals surface area contributed by atoms with Gasteiger partial charge >= 0.3 is 13.6 Å². The molecule has 1 aromatic rings. The fourth-order valence-electron chi connectivity index (χ4n) is 1.23. The van der Waals surface area contributed by atoms with E-state index >= 15 is 0 Å². The number of hydrogen-bond donors (Lipinski definition) is 4. The lowest BCUT2D eigenvalue weighted by atomic mass is 10.1. The van der Waals surface area contributed by atoms with Crippen LogP contribution in [0.1, 0.15) is 5.56 Å². The smallest absolute Gasteiger partial charge is 0.340 e. The zero-order valence-electron chi connectivity index (χ0n) is 8.28. The minimum atomic E-state index is -4.64. The molecule has 88 valence electrons. The van der Waals surface area contributed by atoms with Gasteiger partial charge in [-0.05, 0) is 24.1 Å². The van der Waals surface area contributed by atoms with Crippen molar-refractivity contribution >= 4 is 19.3 Å². The van der Waals surface area contributed by atoms with Crippen LogP contribution in [0, 0.1) is 0 Å². The van der Waals surface area contributed by atoms with Gasteiger partial charge in [-0.2, -0.15) is 0 Å². The molecule has 16 heavy (non-hydrogen) atoms. The Kier molecular flexibility index (Phi) is 3.70. The van der Waals surface area contributed by atoms with E-state index in [0.29, 0.717) is 11.3 Å². The topological polar surface area (TPSA) is 121 Å². The molecule has 0 saturated carbocycles. The third-order valence-electron chi connectivity index (χ3n) is 2.10. The van der Waals surface area contributed by atoms with Gasteiger partial charge in [0.05, 0.1) is 0 Å². The predicted molar refractivity (Wildman–Crippen MR) is 58.0 cm³/mol. The van der Waals surface area contributed by atoms with Crippen LogP contribution in [0.3, 0.4) is 0 Å². The summed E-state index contributed by atoms with van der Waals surface area (Å²) in [5.74, 6) is -1.51. The van der Waals surface area contributed by atoms with E-state index < -0.39 is 19.2 Å². The zero-order valence-corrected chi connectivity index (χ0v) is 9.17. The summed E-state index contributed by atoms with van der Waals surface area (Å²) in [5.41, 5.74) is 4.75. The van der Waals surface area contributed by atoms with E-state index in [9.17, 15) is 9.36 Å². The van der Waals surface area contributed by atoms with Gasteiger partial charge in [0.1, 0.15) is 0 Å². The summed E-state index contributed by atoms with van der Waals surface area (Å²) in [6.45, 7) is 0. The molecule has 1 atom stereocenters. The van der Waals surface area contributed by atoms with E-state index in [-0.39, 0.29) is 6.42 Å². The number of hydrogen-bond acceptors (Lipinski definition) is 3. The van der Waals surface area contributed by atoms with Gasteiger partial charge in [-0.25, -0.2) is 0 Å². The molecule has 1 rings (SSSR count). The molecular weight excluding hydrogens is 233 g/mol. The first-order chi connectivity index (χ1) is 7.30. The number of nitrogen functional groups attached to an aromatic ring is 1. The molecule has 1 aromatic carbocycles. The molecular formula is C9H12NO5P. The van der Waals surface area contributed by atoms with E-state index in [4.69, 9.17) is 20.6 Å². The van der Waals surface area contributed by atoms with Crippen LogP contribution in [0.15, 0.2) is 24.3 Å². The second kappa shape index (κ2) is 4.65. The lowest BCUT2D eigenvalue weighted by Crippen LogP contribution is -2.23. The van der Waals surface area contributed by atoms with E-state index in [2.05, 4.69) is 0 Å². The van der Waals surface area contributed by atoms with E-state index in [1.54, 1.807) is 24.3 Å². The fourth-order valence-corrected chi connectivity index (χ4v) is 1.96. The summed E-state index contributed by atoms with van der Waals surface area (Å²) in [6, 6.07) is 6.18. The normalized spacial score (nSPS) is 13.4. The Labute approximate surface area is 91.9 Å². The maximum atomic E-state index is 10.9. The van der Waals surface area contributed by atoms with Crippen LogP contribution in [0.25, 0.3) is 0 Å². The van der Waals surface area contributed by atoms with Crippen molar-refractivity contribution in [2.75, 3.05) is 5.73 Å². The number of carboxylic acids is 1. The largest absolute Gasteiger partial charge is 0.481 e. The van der Waals surface area contributed by atoms with Crippen LogP contribution in [0.5, 0.6) is 0 Å². The Bertz CT molecular complexity index is 424. The minimum absolute atomic E-state index is 0.222. The highest BCUT2D eigenvalue weighted by atomic mass is 31.2. The van der Waals surface area contributed by atoms with Crippen molar-refractivity contribution in [2.24, 2.45) is 0 Å². The molecule has 0 fully saturated rings. The van der Waals surface area contributed by atoms with Crippen LogP contribution >= 0.6 is 7.60 Å². The molecule has 1 unspecified atom stereocenters. The van der Waals surface area contributed by atoms with E-state index in [1.165, 1.54) is 0 Å². The van der Waals surface area contributed by atoms with Gasteiger partial charge in [-0.1, -0.05) is 12.1 Å². The Morgan fingerprint density at radius 1 is 1.31 bits per heavy atom. The number of carboxylic acid groups (broad SMARTS) is 1. The summed E-state index contributed by atoms with van der Waals surface area (Å²) in [4.78, 5) is 28.4. The second-order valence-electron chi connectivity index (χ2n) is 3.39. The van der Waals surface area contributed by atoms with Gasteiger partial charge in [0, 0.05) is 5.69 Å². The maximum Gasteiger partial charge on any atom is 0.340 e. The van der Waals surface area contributed by atoms with Crippen molar-refractivity contribution in [1.29, 1.82) is 0 Å². The van der Waals surface area contributed by atoms with Gasteiger partial charge in [-0.3, -0.25) is 9.36 Å². The summed E-state index contributed by atoms with van der Waals surface area (Å²) in [5, 5.41) is 8.71. The van der Waals surface area contributed by atoms with Crippen LogP contribution in [-0.2, 0) is 15.8 Å². The minimum Gasteiger partial charge on any atom is -0.481 e. The molecule has 0 aliphatic carbocycles. The van der Waals surface area contributed by atoms with Crippen molar-refractivity contribution in [3.63, 3.8) is 0 Å². The Morgan fingerprint density at radius 2 is 1.81 bits per heavy atom. The second-order valence-corrected chi connectivity index (χ2v) is 5.19. The number of benzene rings is 1. The Morgan fingerprint density at radius 3 is 2.19 bits per heavy atom. The molecule has 0 aliphatic heterocycles. The van der Waals surface area contributed by atoms with Crippen molar-refractivity contribution in [2.45, 2.75) is 12.1 Å². The molecule has 0 saturated heterocycles. The number of carbonyl (C=O) groups is 1. The lowest BCUT2D eigenvalue weighted by molar-refractivity contribution is -0.136. The van der Waals surface area contributed by atoms with Crippen LogP contribution in [-0.4, -0.2) is 26.5 Å². The molecule has 0 aliphatic rings. The number of nitrogens with two attached hydrogens (primary N) is 1. The zero-order chi connectivity index (χ0) is 12.3. The molecule has 0 aromatic heterocycles. The molecule has 7 heteroatoms. The molecule has 0 amide bonds. The Hall–Kier alpha value is -1.36. The number of rotatable bonds is 4. The Balaban J connectivity index is 2.89. The summed E-state index contributed by atoms with van der Waals surface area (Å²) < 4.78 is 10.9. The molecule has 0 radical (unpaired) electrons.